The molecule has 2 aromatic carbocycles. The Kier molecular flexibility index (Phi) is 8.75. The zero-order chi connectivity index (χ0) is 18.2. The van der Waals surface area contributed by atoms with E-state index in [2.05, 4.69) is 0 Å². The van der Waals surface area contributed by atoms with Crippen molar-refractivity contribution in [3.63, 3.8) is 0 Å². The van der Waals surface area contributed by atoms with Crippen molar-refractivity contribution in [2.45, 2.75) is 25.3 Å². The first kappa shape index (κ1) is 21.6. The van der Waals surface area contributed by atoms with E-state index in [1.807, 2.05) is 18.2 Å². The van der Waals surface area contributed by atoms with Crippen LogP contribution in [0.5, 0.6) is 23.0 Å². The van der Waals surface area contributed by atoms with Gasteiger partial charge in [-0.3, -0.25) is 4.79 Å². The normalized spacial score (nSPS) is 11.2. The SMILES string of the molecule is COc1ccc(CCC(N)CC(=O)Oc2ccccc2O)cc1OC.Cl. The van der Waals surface area contributed by atoms with Crippen LogP contribution in [0.3, 0.4) is 0 Å². The number of aromatic hydroxyl groups is 1. The van der Waals surface area contributed by atoms with E-state index in [9.17, 15) is 9.90 Å². The first-order chi connectivity index (χ1) is 12.0. The van der Waals surface area contributed by atoms with Gasteiger partial charge in [0.05, 0.1) is 20.6 Å². The molecule has 0 radical (unpaired) electrons. The van der Waals surface area contributed by atoms with Crippen molar-refractivity contribution >= 4 is 18.4 Å². The van der Waals surface area contributed by atoms with Crippen molar-refractivity contribution in [1.82, 2.24) is 0 Å². The summed E-state index contributed by atoms with van der Waals surface area (Å²) in [6, 6.07) is 11.7. The van der Waals surface area contributed by atoms with Gasteiger partial charge in [0.1, 0.15) is 0 Å². The molecule has 7 heteroatoms. The minimum absolute atomic E-state index is 0. The Bertz CT molecular complexity index is 723. The molecular weight excluding hydrogens is 358 g/mol. The number of rotatable bonds is 8. The Balaban J connectivity index is 0.00000338. The Morgan fingerprint density at radius 1 is 1.08 bits per heavy atom. The molecule has 0 fully saturated rings. The number of methoxy groups -OCH3 is 2. The summed E-state index contributed by atoms with van der Waals surface area (Å²) < 4.78 is 15.6. The van der Waals surface area contributed by atoms with Crippen molar-refractivity contribution in [3.05, 3.63) is 48.0 Å². The summed E-state index contributed by atoms with van der Waals surface area (Å²) in [5, 5.41) is 9.61. The van der Waals surface area contributed by atoms with Crippen LogP contribution < -0.4 is 19.9 Å². The fourth-order valence-electron chi connectivity index (χ4n) is 2.41. The van der Waals surface area contributed by atoms with Gasteiger partial charge < -0.3 is 25.1 Å². The lowest BCUT2D eigenvalue weighted by atomic mass is 10.0. The van der Waals surface area contributed by atoms with Gasteiger partial charge in [0.25, 0.3) is 0 Å². The fourth-order valence-corrected chi connectivity index (χ4v) is 2.41. The lowest BCUT2D eigenvalue weighted by Crippen LogP contribution is -2.26. The molecule has 26 heavy (non-hydrogen) atoms. The molecule has 0 aliphatic heterocycles. The zero-order valence-electron chi connectivity index (χ0n) is 14.8. The van der Waals surface area contributed by atoms with Crippen LogP contribution in [0.2, 0.25) is 0 Å². The highest BCUT2D eigenvalue weighted by Gasteiger charge is 2.14. The average Bonchev–Trinajstić information content (AvgIpc) is 2.61. The molecule has 2 aromatic rings. The van der Waals surface area contributed by atoms with Gasteiger partial charge in [-0.25, -0.2) is 0 Å². The summed E-state index contributed by atoms with van der Waals surface area (Å²) in [4.78, 5) is 11.9. The molecule has 0 spiro atoms. The van der Waals surface area contributed by atoms with Crippen molar-refractivity contribution in [2.75, 3.05) is 14.2 Å². The second-order valence-electron chi connectivity index (χ2n) is 5.63. The molecule has 2 rings (SSSR count). The Morgan fingerprint density at radius 3 is 2.42 bits per heavy atom. The smallest absolute Gasteiger partial charge is 0.312 e. The predicted octanol–water partition coefficient (Wildman–Crippen LogP) is 3.09. The minimum Gasteiger partial charge on any atom is -0.504 e. The van der Waals surface area contributed by atoms with Crippen molar-refractivity contribution < 1.29 is 24.1 Å². The number of benzene rings is 2. The lowest BCUT2D eigenvalue weighted by molar-refractivity contribution is -0.134. The van der Waals surface area contributed by atoms with Crippen molar-refractivity contribution in [3.8, 4) is 23.0 Å². The molecule has 1 atom stereocenters. The summed E-state index contributed by atoms with van der Waals surface area (Å²) in [6.45, 7) is 0. The molecule has 0 saturated carbocycles. The Hall–Kier alpha value is -2.44. The Labute approximate surface area is 159 Å². The number of phenolic OH excluding ortho intramolecular Hbond substituents is 1. The van der Waals surface area contributed by atoms with Gasteiger partial charge in [-0.15, -0.1) is 12.4 Å². The molecule has 142 valence electrons. The summed E-state index contributed by atoms with van der Waals surface area (Å²) in [7, 11) is 3.17. The number of aryl methyl sites for hydroxylation is 1. The Morgan fingerprint density at radius 2 is 1.77 bits per heavy atom. The van der Waals surface area contributed by atoms with E-state index in [0.717, 1.165) is 5.56 Å². The van der Waals surface area contributed by atoms with Crippen LogP contribution in [0.1, 0.15) is 18.4 Å². The molecule has 3 N–H and O–H groups in total. The molecule has 0 aliphatic carbocycles. The molecule has 0 saturated heterocycles. The third-order valence-corrected chi connectivity index (χ3v) is 3.77. The number of ether oxygens (including phenoxy) is 3. The van der Waals surface area contributed by atoms with E-state index in [-0.39, 0.29) is 36.4 Å². The number of halogens is 1. The van der Waals surface area contributed by atoms with Crippen LogP contribution in [0, 0.1) is 0 Å². The van der Waals surface area contributed by atoms with Crippen LogP contribution in [0.25, 0.3) is 0 Å². The number of phenols is 1. The number of esters is 1. The van der Waals surface area contributed by atoms with Crippen molar-refractivity contribution in [2.24, 2.45) is 5.73 Å². The standard InChI is InChI=1S/C19H23NO5.ClH/c1-23-17-10-8-13(11-18(17)24-2)7-9-14(20)12-19(22)25-16-6-4-3-5-15(16)21;/h3-6,8,10-11,14,21H,7,9,12,20H2,1-2H3;1H. The molecule has 6 nitrogen and oxygen atoms in total. The van der Waals surface area contributed by atoms with Gasteiger partial charge >= 0.3 is 5.97 Å². The third kappa shape index (κ3) is 6.13. The highest BCUT2D eigenvalue weighted by Crippen LogP contribution is 2.28. The van der Waals surface area contributed by atoms with Crippen LogP contribution in [0.4, 0.5) is 0 Å². The van der Waals surface area contributed by atoms with Crippen molar-refractivity contribution in [1.29, 1.82) is 0 Å². The van der Waals surface area contributed by atoms with E-state index in [0.29, 0.717) is 24.3 Å². The number of carbonyl (C=O) groups excluding carboxylic acids is 1. The van der Waals surface area contributed by atoms with E-state index in [4.69, 9.17) is 19.9 Å². The van der Waals surface area contributed by atoms with Crippen LogP contribution in [0.15, 0.2) is 42.5 Å². The van der Waals surface area contributed by atoms with E-state index >= 15 is 0 Å². The van der Waals surface area contributed by atoms with Crippen LogP contribution >= 0.6 is 12.4 Å². The zero-order valence-corrected chi connectivity index (χ0v) is 15.6. The van der Waals surface area contributed by atoms with Crippen LogP contribution in [-0.4, -0.2) is 31.3 Å². The number of hydrogen-bond acceptors (Lipinski definition) is 6. The minimum atomic E-state index is -0.471. The molecule has 0 aliphatic rings. The highest BCUT2D eigenvalue weighted by atomic mass is 35.5. The van der Waals surface area contributed by atoms with E-state index < -0.39 is 5.97 Å². The van der Waals surface area contributed by atoms with E-state index in [1.165, 1.54) is 12.1 Å². The molecule has 0 aromatic heterocycles. The number of nitrogens with two attached hydrogens (primary N) is 1. The topological polar surface area (TPSA) is 91.0 Å². The quantitative estimate of drug-likeness (QED) is 0.539. The van der Waals surface area contributed by atoms with Gasteiger partial charge in [0.2, 0.25) is 0 Å². The predicted molar refractivity (Wildman–Crippen MR) is 101 cm³/mol. The summed E-state index contributed by atoms with van der Waals surface area (Å²) in [5.74, 6) is 0.921. The summed E-state index contributed by atoms with van der Waals surface area (Å²) in [6.07, 6.45) is 1.39. The summed E-state index contributed by atoms with van der Waals surface area (Å²) >= 11 is 0. The monoisotopic (exact) mass is 381 g/mol. The lowest BCUT2D eigenvalue weighted by Gasteiger charge is -2.13. The molecular formula is C19H24ClNO5. The van der Waals surface area contributed by atoms with Gasteiger partial charge in [0, 0.05) is 6.04 Å². The third-order valence-electron chi connectivity index (χ3n) is 3.77. The first-order valence-electron chi connectivity index (χ1n) is 7.98. The van der Waals surface area contributed by atoms with E-state index in [1.54, 1.807) is 26.4 Å². The van der Waals surface area contributed by atoms with Gasteiger partial charge in [-0.2, -0.15) is 0 Å². The molecule has 0 heterocycles. The molecule has 1 unspecified atom stereocenters. The highest BCUT2D eigenvalue weighted by molar-refractivity contribution is 5.85. The second kappa shape index (κ2) is 10.5. The fraction of sp³-hybridized carbons (Fsp3) is 0.316. The number of carbonyl (C=O) groups is 1. The average molecular weight is 382 g/mol. The van der Waals surface area contributed by atoms with Crippen LogP contribution in [-0.2, 0) is 11.2 Å². The second-order valence-corrected chi connectivity index (χ2v) is 5.63. The molecule has 0 amide bonds. The summed E-state index contributed by atoms with van der Waals surface area (Å²) in [5.41, 5.74) is 7.07. The first-order valence-corrected chi connectivity index (χ1v) is 7.98. The van der Waals surface area contributed by atoms with Gasteiger partial charge in [-0.1, -0.05) is 18.2 Å². The number of hydrogen-bond donors (Lipinski definition) is 2. The van der Waals surface area contributed by atoms with Gasteiger partial charge in [0.15, 0.2) is 23.0 Å². The maximum absolute atomic E-state index is 11.9. The maximum atomic E-state index is 11.9. The molecule has 0 bridgehead atoms. The largest absolute Gasteiger partial charge is 0.504 e. The van der Waals surface area contributed by atoms with Gasteiger partial charge in [-0.05, 0) is 42.7 Å². The maximum Gasteiger partial charge on any atom is 0.312 e. The number of para-hydroxylation sites is 2.